The van der Waals surface area contributed by atoms with Crippen molar-refractivity contribution in [1.29, 1.82) is 0 Å². The number of aromatic nitrogens is 4. The molecule has 3 aromatic rings. The topological polar surface area (TPSA) is 54.5 Å². The van der Waals surface area contributed by atoms with Gasteiger partial charge in [-0.3, -0.25) is 5.10 Å². The van der Waals surface area contributed by atoms with Gasteiger partial charge in [-0.1, -0.05) is 29.8 Å². The number of H-pyrrole nitrogens is 1. The van der Waals surface area contributed by atoms with Crippen LogP contribution in [0.5, 0.6) is 0 Å². The highest BCUT2D eigenvalue weighted by molar-refractivity contribution is 5.62. The molecule has 20 heavy (non-hydrogen) atoms. The molecule has 0 atom stereocenters. The quantitative estimate of drug-likeness (QED) is 0.771. The van der Waals surface area contributed by atoms with Gasteiger partial charge in [-0.15, -0.1) is 0 Å². The Morgan fingerprint density at radius 2 is 1.60 bits per heavy atom. The van der Waals surface area contributed by atoms with Crippen molar-refractivity contribution in [3.05, 3.63) is 53.3 Å². The van der Waals surface area contributed by atoms with Gasteiger partial charge in [0, 0.05) is 17.0 Å². The molecule has 0 bridgehead atoms. The van der Waals surface area contributed by atoms with Crippen LogP contribution in [0.2, 0.25) is 0 Å². The molecule has 0 aliphatic heterocycles. The molecule has 2 aromatic heterocycles. The van der Waals surface area contributed by atoms with E-state index in [9.17, 15) is 0 Å². The zero-order chi connectivity index (χ0) is 14.1. The van der Waals surface area contributed by atoms with Crippen molar-refractivity contribution in [1.82, 2.24) is 20.2 Å². The first-order valence-corrected chi connectivity index (χ1v) is 6.57. The summed E-state index contributed by atoms with van der Waals surface area (Å²) < 4.78 is 0. The van der Waals surface area contributed by atoms with Crippen LogP contribution in [0.15, 0.2) is 36.4 Å². The molecular weight excluding hydrogens is 248 g/mol. The molecule has 2 heterocycles. The van der Waals surface area contributed by atoms with Crippen molar-refractivity contribution >= 4 is 0 Å². The highest BCUT2D eigenvalue weighted by Gasteiger charge is 2.09. The number of aromatic amines is 1. The van der Waals surface area contributed by atoms with Gasteiger partial charge in [0.2, 0.25) is 0 Å². The van der Waals surface area contributed by atoms with E-state index in [4.69, 9.17) is 0 Å². The first-order valence-electron chi connectivity index (χ1n) is 6.57. The van der Waals surface area contributed by atoms with E-state index >= 15 is 0 Å². The van der Waals surface area contributed by atoms with Crippen LogP contribution in [0.1, 0.15) is 17.0 Å². The number of rotatable bonds is 2. The van der Waals surface area contributed by atoms with Crippen LogP contribution in [0.3, 0.4) is 0 Å². The van der Waals surface area contributed by atoms with Gasteiger partial charge in [-0.2, -0.15) is 5.10 Å². The van der Waals surface area contributed by atoms with E-state index in [1.165, 1.54) is 5.56 Å². The fourth-order valence-electron chi connectivity index (χ4n) is 2.08. The lowest BCUT2D eigenvalue weighted by Crippen LogP contribution is -1.95. The van der Waals surface area contributed by atoms with E-state index in [1.54, 1.807) is 0 Å². The zero-order valence-corrected chi connectivity index (χ0v) is 11.8. The van der Waals surface area contributed by atoms with E-state index in [1.807, 2.05) is 38.1 Å². The molecule has 0 saturated carbocycles. The highest BCUT2D eigenvalue weighted by atomic mass is 15.1. The Labute approximate surface area is 117 Å². The molecule has 0 amide bonds. The molecule has 100 valence electrons. The van der Waals surface area contributed by atoms with Crippen molar-refractivity contribution < 1.29 is 0 Å². The second-order valence-electron chi connectivity index (χ2n) is 5.02. The van der Waals surface area contributed by atoms with Crippen molar-refractivity contribution in [2.24, 2.45) is 0 Å². The fourth-order valence-corrected chi connectivity index (χ4v) is 2.08. The third kappa shape index (κ3) is 2.45. The van der Waals surface area contributed by atoms with Crippen LogP contribution >= 0.6 is 0 Å². The maximum Gasteiger partial charge on any atom is 0.160 e. The largest absolute Gasteiger partial charge is 0.282 e. The molecule has 3 rings (SSSR count). The number of nitrogens with zero attached hydrogens (tertiary/aromatic N) is 3. The SMILES string of the molecule is Cc1ccc(-c2nc(C)cc(-c3cc(C)[nH]n3)n2)cc1. The normalized spacial score (nSPS) is 10.8. The summed E-state index contributed by atoms with van der Waals surface area (Å²) in [4.78, 5) is 9.14. The van der Waals surface area contributed by atoms with Gasteiger partial charge in [0.1, 0.15) is 5.69 Å². The van der Waals surface area contributed by atoms with Crippen LogP contribution in [-0.4, -0.2) is 20.2 Å². The van der Waals surface area contributed by atoms with Crippen LogP contribution in [0.4, 0.5) is 0 Å². The zero-order valence-electron chi connectivity index (χ0n) is 11.8. The minimum Gasteiger partial charge on any atom is -0.282 e. The first kappa shape index (κ1) is 12.5. The number of nitrogens with one attached hydrogen (secondary N) is 1. The Morgan fingerprint density at radius 1 is 0.850 bits per heavy atom. The maximum absolute atomic E-state index is 4.62. The van der Waals surface area contributed by atoms with Crippen LogP contribution < -0.4 is 0 Å². The van der Waals surface area contributed by atoms with Gasteiger partial charge in [0.05, 0.1) is 5.69 Å². The van der Waals surface area contributed by atoms with E-state index in [-0.39, 0.29) is 0 Å². The second-order valence-corrected chi connectivity index (χ2v) is 5.02. The van der Waals surface area contributed by atoms with Crippen LogP contribution in [0, 0.1) is 20.8 Å². The van der Waals surface area contributed by atoms with E-state index < -0.39 is 0 Å². The lowest BCUT2D eigenvalue weighted by molar-refractivity contribution is 1.04. The molecule has 0 fully saturated rings. The van der Waals surface area contributed by atoms with Gasteiger partial charge >= 0.3 is 0 Å². The van der Waals surface area contributed by atoms with E-state index in [0.29, 0.717) is 0 Å². The summed E-state index contributed by atoms with van der Waals surface area (Å²) in [7, 11) is 0. The number of aryl methyl sites for hydroxylation is 3. The summed E-state index contributed by atoms with van der Waals surface area (Å²) in [5.41, 5.74) is 5.90. The first-order chi connectivity index (χ1) is 9.61. The number of hydrogen-bond donors (Lipinski definition) is 1. The lowest BCUT2D eigenvalue weighted by Gasteiger charge is -2.05. The van der Waals surface area contributed by atoms with E-state index in [2.05, 4.69) is 39.2 Å². The molecule has 4 nitrogen and oxygen atoms in total. The van der Waals surface area contributed by atoms with Gasteiger partial charge in [0.25, 0.3) is 0 Å². The Bertz CT molecular complexity index is 741. The molecule has 0 radical (unpaired) electrons. The molecule has 1 aromatic carbocycles. The van der Waals surface area contributed by atoms with Crippen molar-refractivity contribution in [3.8, 4) is 22.8 Å². The maximum atomic E-state index is 4.62. The summed E-state index contributed by atoms with van der Waals surface area (Å²) in [5, 5.41) is 7.20. The van der Waals surface area contributed by atoms with Crippen molar-refractivity contribution in [2.75, 3.05) is 0 Å². The molecule has 0 unspecified atom stereocenters. The van der Waals surface area contributed by atoms with Gasteiger partial charge in [0.15, 0.2) is 5.82 Å². The second kappa shape index (κ2) is 4.89. The Balaban J connectivity index is 2.09. The van der Waals surface area contributed by atoms with Gasteiger partial charge in [-0.25, -0.2) is 9.97 Å². The van der Waals surface area contributed by atoms with Crippen molar-refractivity contribution in [2.45, 2.75) is 20.8 Å². The Morgan fingerprint density at radius 3 is 2.25 bits per heavy atom. The third-order valence-electron chi connectivity index (χ3n) is 3.13. The summed E-state index contributed by atoms with van der Waals surface area (Å²) in [5.74, 6) is 0.737. The molecule has 0 aliphatic carbocycles. The highest BCUT2D eigenvalue weighted by Crippen LogP contribution is 2.21. The number of benzene rings is 1. The fraction of sp³-hybridized carbons (Fsp3) is 0.188. The van der Waals surface area contributed by atoms with Crippen LogP contribution in [0.25, 0.3) is 22.8 Å². The lowest BCUT2D eigenvalue weighted by atomic mass is 10.1. The smallest absolute Gasteiger partial charge is 0.160 e. The summed E-state index contributed by atoms with van der Waals surface area (Å²) in [6, 6.07) is 12.2. The standard InChI is InChI=1S/C16H16N4/c1-10-4-6-13(7-5-10)16-17-11(2)8-14(18-16)15-9-12(3)19-20-15/h4-9H,1-3H3,(H,19,20). The third-order valence-corrected chi connectivity index (χ3v) is 3.13. The van der Waals surface area contributed by atoms with E-state index in [0.717, 1.165) is 34.2 Å². The minimum atomic E-state index is 0.737. The summed E-state index contributed by atoms with van der Waals surface area (Å²) >= 11 is 0. The average Bonchev–Trinajstić information content (AvgIpc) is 2.85. The van der Waals surface area contributed by atoms with Gasteiger partial charge in [-0.05, 0) is 32.9 Å². The predicted octanol–water partition coefficient (Wildman–Crippen LogP) is 3.46. The molecule has 0 saturated heterocycles. The Hall–Kier alpha value is -2.49. The van der Waals surface area contributed by atoms with Crippen molar-refractivity contribution in [3.63, 3.8) is 0 Å². The van der Waals surface area contributed by atoms with Gasteiger partial charge < -0.3 is 0 Å². The predicted molar refractivity (Wildman–Crippen MR) is 79.3 cm³/mol. The number of hydrogen-bond acceptors (Lipinski definition) is 3. The molecule has 0 aliphatic rings. The monoisotopic (exact) mass is 264 g/mol. The Kier molecular flexibility index (Phi) is 3.06. The molecule has 4 heteroatoms. The summed E-state index contributed by atoms with van der Waals surface area (Å²) in [6.07, 6.45) is 0. The average molecular weight is 264 g/mol. The molecule has 1 N–H and O–H groups in total. The minimum absolute atomic E-state index is 0.737. The summed E-state index contributed by atoms with van der Waals surface area (Å²) in [6.45, 7) is 6.02. The molecular formula is C16H16N4. The van der Waals surface area contributed by atoms with Crippen LogP contribution in [-0.2, 0) is 0 Å². The molecule has 0 spiro atoms.